The second-order valence-corrected chi connectivity index (χ2v) is 7.43. The first kappa shape index (κ1) is 14.9. The first-order chi connectivity index (χ1) is 10.1. The third-order valence-electron chi connectivity index (χ3n) is 5.07. The van der Waals surface area contributed by atoms with E-state index in [1.54, 1.807) is 0 Å². The summed E-state index contributed by atoms with van der Waals surface area (Å²) in [4.78, 5) is 0. The van der Waals surface area contributed by atoms with E-state index in [0.717, 1.165) is 24.6 Å². The summed E-state index contributed by atoms with van der Waals surface area (Å²) in [6, 6.07) is 7.17. The van der Waals surface area contributed by atoms with Gasteiger partial charge in [0, 0.05) is 18.0 Å². The molecule has 0 saturated heterocycles. The number of aryl methyl sites for hydroxylation is 1. The minimum Gasteiger partial charge on any atom is -0.487 e. The molecule has 2 nitrogen and oxygen atoms in total. The van der Waals surface area contributed by atoms with Crippen LogP contribution in [0, 0.1) is 12.8 Å². The molecule has 1 aromatic carbocycles. The van der Waals surface area contributed by atoms with E-state index < -0.39 is 0 Å². The lowest BCUT2D eigenvalue weighted by atomic mass is 9.85. The summed E-state index contributed by atoms with van der Waals surface area (Å²) in [6.07, 6.45) is 7.47. The molecule has 2 heteroatoms. The Hall–Kier alpha value is -1.02. The highest BCUT2D eigenvalue weighted by Crippen LogP contribution is 2.47. The summed E-state index contributed by atoms with van der Waals surface area (Å²) < 4.78 is 6.48. The fraction of sp³-hybridized carbons (Fsp3) is 0.684. The van der Waals surface area contributed by atoms with Crippen LogP contribution in [0.25, 0.3) is 0 Å². The van der Waals surface area contributed by atoms with Gasteiger partial charge in [0.15, 0.2) is 0 Å². The number of ether oxygens (including phenoxy) is 1. The van der Waals surface area contributed by atoms with Crippen LogP contribution in [0.5, 0.6) is 5.75 Å². The van der Waals surface area contributed by atoms with Crippen molar-refractivity contribution in [2.45, 2.75) is 70.9 Å². The monoisotopic (exact) mass is 287 g/mol. The second-order valence-electron chi connectivity index (χ2n) is 7.43. The molecule has 1 spiro atoms. The molecule has 1 aliphatic heterocycles. The summed E-state index contributed by atoms with van der Waals surface area (Å²) in [5.41, 5.74) is 2.77. The molecule has 2 aliphatic rings. The molecule has 0 bridgehead atoms. The molecule has 116 valence electrons. The van der Waals surface area contributed by atoms with Gasteiger partial charge in [0.2, 0.25) is 0 Å². The minimum atomic E-state index is 0.107. The molecule has 0 radical (unpaired) electrons. The van der Waals surface area contributed by atoms with Crippen molar-refractivity contribution in [1.82, 2.24) is 5.32 Å². The van der Waals surface area contributed by atoms with E-state index >= 15 is 0 Å². The zero-order chi connectivity index (χ0) is 14.9. The van der Waals surface area contributed by atoms with Crippen LogP contribution in [0.2, 0.25) is 0 Å². The fourth-order valence-corrected chi connectivity index (χ4v) is 3.83. The number of hydrogen-bond acceptors (Lipinski definition) is 2. The summed E-state index contributed by atoms with van der Waals surface area (Å²) in [7, 11) is 0. The maximum atomic E-state index is 6.48. The van der Waals surface area contributed by atoms with E-state index in [0.29, 0.717) is 6.04 Å². The van der Waals surface area contributed by atoms with E-state index in [4.69, 9.17) is 4.74 Å². The van der Waals surface area contributed by atoms with Gasteiger partial charge in [-0.15, -0.1) is 0 Å². The SMILES string of the molecule is Cc1ccc2c(c1)OC1(CCCC1)CC2NCCC(C)C. The van der Waals surface area contributed by atoms with Gasteiger partial charge >= 0.3 is 0 Å². The topological polar surface area (TPSA) is 21.3 Å². The molecule has 1 saturated carbocycles. The largest absolute Gasteiger partial charge is 0.487 e. The Balaban J connectivity index is 1.81. The van der Waals surface area contributed by atoms with Gasteiger partial charge in [0.25, 0.3) is 0 Å². The molecule has 0 aromatic heterocycles. The Bertz CT molecular complexity index is 488. The number of rotatable bonds is 4. The molecule has 1 aliphatic carbocycles. The first-order valence-corrected chi connectivity index (χ1v) is 8.61. The third kappa shape index (κ3) is 3.26. The van der Waals surface area contributed by atoms with E-state index in [1.807, 2.05) is 0 Å². The van der Waals surface area contributed by atoms with E-state index in [2.05, 4.69) is 44.3 Å². The van der Waals surface area contributed by atoms with Crippen molar-refractivity contribution in [3.63, 3.8) is 0 Å². The Labute approximate surface area is 129 Å². The Kier molecular flexibility index (Phi) is 4.26. The quantitative estimate of drug-likeness (QED) is 0.861. The minimum absolute atomic E-state index is 0.107. The number of hydrogen-bond donors (Lipinski definition) is 1. The summed E-state index contributed by atoms with van der Waals surface area (Å²) in [5.74, 6) is 1.89. The molecule has 1 heterocycles. The van der Waals surface area contributed by atoms with Crippen molar-refractivity contribution in [2.24, 2.45) is 5.92 Å². The van der Waals surface area contributed by atoms with Gasteiger partial charge in [0.05, 0.1) is 0 Å². The van der Waals surface area contributed by atoms with Gasteiger partial charge in [-0.05, 0) is 63.1 Å². The van der Waals surface area contributed by atoms with Crippen LogP contribution in [-0.2, 0) is 0 Å². The summed E-state index contributed by atoms with van der Waals surface area (Å²) >= 11 is 0. The molecule has 1 unspecified atom stereocenters. The predicted molar refractivity (Wildman–Crippen MR) is 87.8 cm³/mol. The predicted octanol–water partition coefficient (Wildman–Crippen LogP) is 4.77. The standard InChI is InChI=1S/C19H29NO/c1-14(2)8-11-20-17-13-19(9-4-5-10-19)21-18-12-15(3)6-7-16(17)18/h6-7,12,14,17,20H,4-5,8-11,13H2,1-3H3. The van der Waals surface area contributed by atoms with Crippen molar-refractivity contribution in [1.29, 1.82) is 0 Å². The van der Waals surface area contributed by atoms with Crippen LogP contribution < -0.4 is 10.1 Å². The zero-order valence-corrected chi connectivity index (χ0v) is 13.7. The van der Waals surface area contributed by atoms with E-state index in [-0.39, 0.29) is 5.60 Å². The first-order valence-electron chi connectivity index (χ1n) is 8.61. The highest BCUT2D eigenvalue weighted by Gasteiger charge is 2.42. The van der Waals surface area contributed by atoms with Gasteiger partial charge in [-0.25, -0.2) is 0 Å². The Morgan fingerprint density at radius 1 is 1.29 bits per heavy atom. The van der Waals surface area contributed by atoms with Crippen molar-refractivity contribution < 1.29 is 4.74 Å². The highest BCUT2D eigenvalue weighted by molar-refractivity contribution is 5.42. The number of nitrogens with one attached hydrogen (secondary N) is 1. The van der Waals surface area contributed by atoms with Gasteiger partial charge in [-0.1, -0.05) is 26.0 Å². The van der Waals surface area contributed by atoms with Crippen molar-refractivity contribution in [2.75, 3.05) is 6.54 Å². The number of benzene rings is 1. The maximum absolute atomic E-state index is 6.48. The molecule has 1 aromatic rings. The van der Waals surface area contributed by atoms with E-state index in [9.17, 15) is 0 Å². The fourth-order valence-electron chi connectivity index (χ4n) is 3.83. The zero-order valence-electron chi connectivity index (χ0n) is 13.7. The van der Waals surface area contributed by atoms with Gasteiger partial charge in [-0.2, -0.15) is 0 Å². The Morgan fingerprint density at radius 3 is 2.76 bits per heavy atom. The van der Waals surface area contributed by atoms with Crippen LogP contribution in [0.3, 0.4) is 0 Å². The average Bonchev–Trinajstić information content (AvgIpc) is 2.85. The Morgan fingerprint density at radius 2 is 2.05 bits per heavy atom. The van der Waals surface area contributed by atoms with Crippen LogP contribution >= 0.6 is 0 Å². The normalized spacial score (nSPS) is 23.3. The van der Waals surface area contributed by atoms with Crippen LogP contribution in [0.1, 0.15) is 69.5 Å². The van der Waals surface area contributed by atoms with Crippen molar-refractivity contribution in [3.05, 3.63) is 29.3 Å². The van der Waals surface area contributed by atoms with Gasteiger partial charge in [0.1, 0.15) is 11.4 Å². The average molecular weight is 287 g/mol. The van der Waals surface area contributed by atoms with Crippen LogP contribution in [0.15, 0.2) is 18.2 Å². The second kappa shape index (κ2) is 6.00. The third-order valence-corrected chi connectivity index (χ3v) is 5.07. The molecular weight excluding hydrogens is 258 g/mol. The van der Waals surface area contributed by atoms with Crippen LogP contribution in [-0.4, -0.2) is 12.1 Å². The lowest BCUT2D eigenvalue weighted by molar-refractivity contribution is 0.0366. The summed E-state index contributed by atoms with van der Waals surface area (Å²) in [5, 5.41) is 3.80. The molecule has 1 fully saturated rings. The lowest BCUT2D eigenvalue weighted by Crippen LogP contribution is -2.42. The molecular formula is C19H29NO. The van der Waals surface area contributed by atoms with E-state index in [1.165, 1.54) is 43.2 Å². The summed E-state index contributed by atoms with van der Waals surface area (Å²) in [6.45, 7) is 7.84. The molecule has 3 rings (SSSR count). The number of fused-ring (bicyclic) bond motifs is 1. The molecule has 1 N–H and O–H groups in total. The molecule has 21 heavy (non-hydrogen) atoms. The molecule has 1 atom stereocenters. The van der Waals surface area contributed by atoms with Gasteiger partial charge in [-0.3, -0.25) is 0 Å². The van der Waals surface area contributed by atoms with Gasteiger partial charge < -0.3 is 10.1 Å². The maximum Gasteiger partial charge on any atom is 0.125 e. The van der Waals surface area contributed by atoms with Crippen molar-refractivity contribution >= 4 is 0 Å². The van der Waals surface area contributed by atoms with Crippen molar-refractivity contribution in [3.8, 4) is 5.75 Å². The smallest absolute Gasteiger partial charge is 0.125 e. The lowest BCUT2D eigenvalue weighted by Gasteiger charge is -2.40. The molecule has 0 amide bonds. The highest BCUT2D eigenvalue weighted by atomic mass is 16.5. The van der Waals surface area contributed by atoms with Crippen LogP contribution in [0.4, 0.5) is 0 Å².